The Balaban J connectivity index is 1.45. The monoisotopic (exact) mass is 358 g/mol. The van der Waals surface area contributed by atoms with Crippen molar-refractivity contribution < 1.29 is 4.74 Å². The Labute approximate surface area is 158 Å². The van der Waals surface area contributed by atoms with E-state index in [-0.39, 0.29) is 0 Å². The molecule has 2 aliphatic rings. The van der Waals surface area contributed by atoms with Crippen molar-refractivity contribution in [1.29, 1.82) is 0 Å². The summed E-state index contributed by atoms with van der Waals surface area (Å²) >= 11 is 0. The number of ether oxygens (including phenoxy) is 1. The second-order valence-corrected chi connectivity index (χ2v) is 7.82. The molecule has 5 heteroatoms. The molecular weight excluding hydrogens is 324 g/mol. The molecule has 1 heterocycles. The fourth-order valence-corrected chi connectivity index (χ4v) is 4.27. The Morgan fingerprint density at radius 2 is 2.12 bits per heavy atom. The number of methoxy groups -OCH3 is 1. The number of nitrogens with zero attached hydrogens (tertiary/aromatic N) is 2. The molecule has 3 rings (SSSR count). The van der Waals surface area contributed by atoms with Crippen LogP contribution in [0.1, 0.15) is 38.2 Å². The fourth-order valence-electron chi connectivity index (χ4n) is 4.27. The van der Waals surface area contributed by atoms with Crippen molar-refractivity contribution in [2.24, 2.45) is 10.4 Å². The van der Waals surface area contributed by atoms with Gasteiger partial charge in [-0.3, -0.25) is 4.99 Å². The summed E-state index contributed by atoms with van der Waals surface area (Å²) in [4.78, 5) is 6.90. The Bertz CT molecular complexity index is 612. The maximum absolute atomic E-state index is 5.29. The summed E-state index contributed by atoms with van der Waals surface area (Å²) in [7, 11) is 3.64. The van der Waals surface area contributed by atoms with Crippen molar-refractivity contribution in [3.63, 3.8) is 0 Å². The first-order valence-corrected chi connectivity index (χ1v) is 9.95. The largest absolute Gasteiger partial charge is 0.385 e. The van der Waals surface area contributed by atoms with E-state index in [4.69, 9.17) is 4.74 Å². The highest BCUT2D eigenvalue weighted by Crippen LogP contribution is 2.43. The molecule has 0 amide bonds. The highest BCUT2D eigenvalue weighted by Gasteiger charge is 2.36. The number of nitrogens with one attached hydrogen (secondary N) is 2. The number of benzene rings is 1. The smallest absolute Gasteiger partial charge is 0.191 e. The van der Waals surface area contributed by atoms with Gasteiger partial charge in [0.25, 0.3) is 0 Å². The molecular formula is C21H34N4O. The second kappa shape index (κ2) is 8.76. The summed E-state index contributed by atoms with van der Waals surface area (Å²) in [6, 6.07) is 9.32. The number of hydrogen-bond acceptors (Lipinski definition) is 3. The molecule has 1 aliphatic carbocycles. The molecule has 1 aromatic rings. The molecule has 1 saturated carbocycles. The van der Waals surface area contributed by atoms with Crippen molar-refractivity contribution in [2.75, 3.05) is 45.3 Å². The quantitative estimate of drug-likeness (QED) is 0.554. The first-order chi connectivity index (χ1) is 12.7. The van der Waals surface area contributed by atoms with Crippen molar-refractivity contribution >= 4 is 11.6 Å². The van der Waals surface area contributed by atoms with Gasteiger partial charge in [-0.1, -0.05) is 24.6 Å². The Morgan fingerprint density at radius 1 is 1.31 bits per heavy atom. The van der Waals surface area contributed by atoms with Crippen LogP contribution in [0, 0.1) is 5.41 Å². The van der Waals surface area contributed by atoms with Crippen LogP contribution in [0.4, 0.5) is 5.69 Å². The number of para-hydroxylation sites is 1. The lowest BCUT2D eigenvalue weighted by Crippen LogP contribution is -2.48. The van der Waals surface area contributed by atoms with Crippen LogP contribution in [0.5, 0.6) is 0 Å². The maximum atomic E-state index is 5.29. The lowest BCUT2D eigenvalue weighted by atomic mass is 9.67. The molecule has 0 bridgehead atoms. The van der Waals surface area contributed by atoms with Gasteiger partial charge in [0.2, 0.25) is 0 Å². The SMILES string of the molecule is CN=C(NCCN1c2ccccc2CC1C)NCC1(CCOC)CCC1. The van der Waals surface area contributed by atoms with Crippen LogP contribution in [0.3, 0.4) is 0 Å². The molecule has 1 unspecified atom stereocenters. The Morgan fingerprint density at radius 3 is 2.81 bits per heavy atom. The minimum absolute atomic E-state index is 0.399. The molecule has 0 radical (unpaired) electrons. The number of anilines is 1. The third-order valence-electron chi connectivity index (χ3n) is 6.10. The predicted octanol–water partition coefficient (Wildman–Crippen LogP) is 2.81. The van der Waals surface area contributed by atoms with E-state index in [1.807, 2.05) is 7.05 Å². The molecule has 144 valence electrons. The van der Waals surface area contributed by atoms with Crippen LogP contribution in [0.15, 0.2) is 29.3 Å². The summed E-state index contributed by atoms with van der Waals surface area (Å²) in [5.41, 5.74) is 3.25. The number of fused-ring (bicyclic) bond motifs is 1. The Hall–Kier alpha value is -1.75. The topological polar surface area (TPSA) is 48.9 Å². The van der Waals surface area contributed by atoms with Crippen LogP contribution in [0.2, 0.25) is 0 Å². The number of aliphatic imine (C=N–C) groups is 1. The average molecular weight is 359 g/mol. The van der Waals surface area contributed by atoms with Gasteiger partial charge in [0.05, 0.1) is 0 Å². The van der Waals surface area contributed by atoms with Crippen molar-refractivity contribution in [3.8, 4) is 0 Å². The van der Waals surface area contributed by atoms with E-state index in [9.17, 15) is 0 Å². The number of rotatable bonds is 8. The summed E-state index contributed by atoms with van der Waals surface area (Å²) in [5.74, 6) is 0.911. The molecule has 1 atom stereocenters. The summed E-state index contributed by atoms with van der Waals surface area (Å²) in [6.07, 6.45) is 6.20. The van der Waals surface area contributed by atoms with E-state index < -0.39 is 0 Å². The summed E-state index contributed by atoms with van der Waals surface area (Å²) in [6.45, 7) is 6.03. The molecule has 0 spiro atoms. The van der Waals surface area contributed by atoms with E-state index >= 15 is 0 Å². The molecule has 1 aliphatic heterocycles. The van der Waals surface area contributed by atoms with Crippen LogP contribution in [0.25, 0.3) is 0 Å². The molecule has 2 N–H and O–H groups in total. The van der Waals surface area contributed by atoms with E-state index in [2.05, 4.69) is 51.7 Å². The van der Waals surface area contributed by atoms with Gasteiger partial charge in [-0.05, 0) is 49.7 Å². The van der Waals surface area contributed by atoms with Crippen LogP contribution < -0.4 is 15.5 Å². The molecule has 5 nitrogen and oxygen atoms in total. The van der Waals surface area contributed by atoms with Gasteiger partial charge in [0.1, 0.15) is 0 Å². The first kappa shape index (κ1) is 19.0. The Kier molecular flexibility index (Phi) is 6.41. The third kappa shape index (κ3) is 4.32. The van der Waals surface area contributed by atoms with Crippen LogP contribution in [-0.4, -0.2) is 52.4 Å². The maximum Gasteiger partial charge on any atom is 0.191 e. The molecule has 1 aromatic carbocycles. The van der Waals surface area contributed by atoms with Crippen LogP contribution >= 0.6 is 0 Å². The lowest BCUT2D eigenvalue weighted by Gasteiger charge is -2.42. The van der Waals surface area contributed by atoms with Gasteiger partial charge in [-0.15, -0.1) is 0 Å². The fraction of sp³-hybridized carbons (Fsp3) is 0.667. The summed E-state index contributed by atoms with van der Waals surface area (Å²) < 4.78 is 5.29. The highest BCUT2D eigenvalue weighted by molar-refractivity contribution is 5.79. The third-order valence-corrected chi connectivity index (χ3v) is 6.10. The van der Waals surface area contributed by atoms with Crippen LogP contribution in [-0.2, 0) is 11.2 Å². The molecule has 26 heavy (non-hydrogen) atoms. The van der Waals surface area contributed by atoms with E-state index in [1.165, 1.54) is 30.5 Å². The zero-order valence-corrected chi connectivity index (χ0v) is 16.6. The van der Waals surface area contributed by atoms with E-state index in [0.717, 1.165) is 45.0 Å². The van der Waals surface area contributed by atoms with Crippen molar-refractivity contribution in [1.82, 2.24) is 10.6 Å². The predicted molar refractivity (Wildman–Crippen MR) is 109 cm³/mol. The van der Waals surface area contributed by atoms with Gasteiger partial charge < -0.3 is 20.3 Å². The van der Waals surface area contributed by atoms with E-state index in [1.54, 1.807) is 7.11 Å². The average Bonchev–Trinajstić information content (AvgIpc) is 2.94. The highest BCUT2D eigenvalue weighted by atomic mass is 16.5. The van der Waals surface area contributed by atoms with Gasteiger partial charge in [0, 0.05) is 52.1 Å². The molecule has 0 saturated heterocycles. The number of hydrogen-bond donors (Lipinski definition) is 2. The minimum atomic E-state index is 0.399. The number of guanidine groups is 1. The van der Waals surface area contributed by atoms with Gasteiger partial charge in [0.15, 0.2) is 5.96 Å². The zero-order valence-electron chi connectivity index (χ0n) is 16.6. The van der Waals surface area contributed by atoms with Gasteiger partial charge >= 0.3 is 0 Å². The van der Waals surface area contributed by atoms with Crippen molar-refractivity contribution in [3.05, 3.63) is 29.8 Å². The molecule has 0 aromatic heterocycles. The van der Waals surface area contributed by atoms with E-state index in [0.29, 0.717) is 11.5 Å². The standard InChI is InChI=1S/C21H34N4O/c1-17-15-18-7-4-5-8-19(18)25(17)13-12-23-20(22-2)24-16-21(9-6-10-21)11-14-26-3/h4-5,7-8,17H,6,9-16H2,1-3H3,(H2,22,23,24). The molecule has 1 fully saturated rings. The lowest BCUT2D eigenvalue weighted by molar-refractivity contribution is 0.0732. The van der Waals surface area contributed by atoms with Gasteiger partial charge in [-0.25, -0.2) is 0 Å². The summed E-state index contributed by atoms with van der Waals surface area (Å²) in [5, 5.41) is 7.03. The van der Waals surface area contributed by atoms with Gasteiger partial charge in [-0.2, -0.15) is 0 Å². The normalized spacial score (nSPS) is 21.3. The zero-order chi connectivity index (χ0) is 18.4. The second-order valence-electron chi connectivity index (χ2n) is 7.82. The first-order valence-electron chi connectivity index (χ1n) is 9.95. The minimum Gasteiger partial charge on any atom is -0.385 e. The van der Waals surface area contributed by atoms with Crippen molar-refractivity contribution in [2.45, 2.75) is 45.1 Å².